The molecule has 34 nitrogen and oxygen atoms in total. The smallest absolute Gasteiger partial charge is 0.394 e. The molecular formula is C57H114N3O31P3. The monoisotopic (exact) mass is 1430 g/mol. The summed E-state index contributed by atoms with van der Waals surface area (Å²) in [6.07, 6.45) is -5.67. The summed E-state index contributed by atoms with van der Waals surface area (Å²) in [5.41, 5.74) is -0.731. The molecule has 1 aliphatic heterocycles. The van der Waals surface area contributed by atoms with Crippen LogP contribution in [-0.2, 0) is 93.3 Å². The van der Waals surface area contributed by atoms with Gasteiger partial charge in [-0.1, -0.05) is 52.4 Å². The van der Waals surface area contributed by atoms with Crippen molar-refractivity contribution in [1.29, 1.82) is 0 Å². The van der Waals surface area contributed by atoms with Crippen LogP contribution in [0.2, 0.25) is 0 Å². The van der Waals surface area contributed by atoms with Crippen molar-refractivity contribution in [3.8, 4) is 0 Å². The summed E-state index contributed by atoms with van der Waals surface area (Å²) in [5.74, 6) is -1.57. The Kier molecular flexibility index (Phi) is 51.1. The molecule has 1 heterocycles. The third-order valence-corrected chi connectivity index (χ3v) is 17.0. The third kappa shape index (κ3) is 43.7. The Bertz CT molecular complexity index is 1940. The Labute approximate surface area is 554 Å². The molecule has 1 rings (SSSR count). The van der Waals surface area contributed by atoms with Gasteiger partial charge in [-0.25, -0.2) is 9.13 Å². The number of nitrogens with one attached hydrogen (secondary N) is 3. The molecule has 3 amide bonds. The fourth-order valence-corrected chi connectivity index (χ4v) is 10.8. The van der Waals surface area contributed by atoms with Crippen molar-refractivity contribution in [2.75, 3.05) is 119 Å². The number of unbranched alkanes of at least 4 members (excludes halogenated alkanes) is 9. The molecule has 15 atom stereocenters. The standard InChI is InChI=1S/C57H114N3O31P3/c1-41(2)57(38-77-23-20-30-85-92(72)84-29-17-11-8-14-26-80-54-50(58-44(5)65)51(69)47(68)37-83-54,39-78-24-21-33-88-93(73,74)86-31-18-12-9-15-27-81-55(52(70)59-45(6)66)90-48(35-61)42(3)63)40-79-25-22-34-89-94(75,76)87-32-19-13-10-16-28-82-56(53(71)60-46(7)67)91-49(36-62)43(4)64/h41-43,47-56,61-64,68-72H,8-40H2,1-7H3,(H,58,65)(H,59,66)(H,60,67)(H,73,74)(H,75,76)/t42-,43-,47?,48?,49?,50?,51?,52+,53+,54?,55?,56?,57?,92?/m1/s1. The lowest BCUT2D eigenvalue weighted by Gasteiger charge is -2.38. The van der Waals surface area contributed by atoms with Crippen LogP contribution in [0.1, 0.15) is 145 Å². The number of hydrogen-bond acceptors (Lipinski definition) is 29. The minimum atomic E-state index is -4.41. The van der Waals surface area contributed by atoms with Gasteiger partial charge in [-0.3, -0.25) is 32.5 Å². The van der Waals surface area contributed by atoms with E-state index in [2.05, 4.69) is 16.0 Å². The Morgan fingerprint density at radius 3 is 1.27 bits per heavy atom. The molecule has 0 aliphatic carbocycles. The lowest BCUT2D eigenvalue weighted by Crippen LogP contribution is -2.60. The van der Waals surface area contributed by atoms with Gasteiger partial charge in [0.15, 0.2) is 18.7 Å². The van der Waals surface area contributed by atoms with Crippen molar-refractivity contribution in [2.45, 2.75) is 219 Å². The van der Waals surface area contributed by atoms with E-state index >= 15 is 0 Å². The van der Waals surface area contributed by atoms with Crippen LogP contribution in [0.3, 0.4) is 0 Å². The molecule has 1 fully saturated rings. The van der Waals surface area contributed by atoms with Crippen LogP contribution < -0.4 is 16.0 Å². The molecular weight excluding hydrogens is 1320 g/mol. The van der Waals surface area contributed by atoms with Gasteiger partial charge in [0.25, 0.3) is 0 Å². The topological polar surface area (TPSA) is 482 Å². The van der Waals surface area contributed by atoms with E-state index in [9.17, 15) is 79.0 Å². The molecule has 0 aromatic carbocycles. The van der Waals surface area contributed by atoms with Gasteiger partial charge in [0.1, 0.15) is 30.5 Å². The first-order chi connectivity index (χ1) is 44.6. The lowest BCUT2D eigenvalue weighted by atomic mass is 9.79. The largest absolute Gasteiger partial charge is 0.472 e. The average molecular weight is 1430 g/mol. The molecule has 94 heavy (non-hydrogen) atoms. The van der Waals surface area contributed by atoms with E-state index in [1.54, 1.807) is 0 Å². The van der Waals surface area contributed by atoms with Crippen LogP contribution in [0.5, 0.6) is 0 Å². The third-order valence-electron chi connectivity index (χ3n) is 14.2. The normalized spacial score (nSPS) is 21.0. The molecule has 0 aromatic rings. The summed E-state index contributed by atoms with van der Waals surface area (Å²) in [6.45, 7) is 10.4. The van der Waals surface area contributed by atoms with Crippen LogP contribution >= 0.6 is 24.2 Å². The fourth-order valence-electron chi connectivity index (χ4n) is 8.58. The van der Waals surface area contributed by atoms with E-state index in [0.29, 0.717) is 77.2 Å². The van der Waals surface area contributed by atoms with Crippen LogP contribution in [0.15, 0.2) is 0 Å². The van der Waals surface area contributed by atoms with E-state index in [1.165, 1.54) is 34.6 Å². The Balaban J connectivity index is 2.65. The first-order valence-corrected chi connectivity index (χ1v) is 36.3. The van der Waals surface area contributed by atoms with Crippen molar-refractivity contribution in [3.05, 3.63) is 0 Å². The molecule has 0 radical (unpaired) electrons. The summed E-state index contributed by atoms with van der Waals surface area (Å²) in [5, 5.41) is 86.4. The maximum absolute atomic E-state index is 12.6. The molecule has 0 bridgehead atoms. The SMILES string of the molecule is CC(=O)NC1C(OCCCCCCOP(O)OCCCOCC(COCCCOP(=O)(O)OCCCCCCOC(OC(CO)[C@@H](C)O)[C@H](O)NC(C)=O)(COCCCOP(=O)(O)OCCCCCCOC(OC(CO)[C@@H](C)O)[C@H](O)NC(C)=O)C(C)C)OCC(O)C1O. The van der Waals surface area contributed by atoms with Gasteiger partial charge < -0.3 is 123 Å². The summed E-state index contributed by atoms with van der Waals surface area (Å²) >= 11 is 0. The lowest BCUT2D eigenvalue weighted by molar-refractivity contribution is -0.240. The molecule has 1 aliphatic rings. The number of phosphoric acid groups is 2. The van der Waals surface area contributed by atoms with Gasteiger partial charge in [0.05, 0.1) is 91.5 Å². The highest BCUT2D eigenvalue weighted by molar-refractivity contribution is 7.47. The van der Waals surface area contributed by atoms with Gasteiger partial charge >= 0.3 is 24.2 Å². The van der Waals surface area contributed by atoms with Gasteiger partial charge in [-0.15, -0.1) is 0 Å². The Morgan fingerprint density at radius 1 is 0.532 bits per heavy atom. The van der Waals surface area contributed by atoms with Crippen LogP contribution in [0.25, 0.3) is 0 Å². The van der Waals surface area contributed by atoms with Crippen LogP contribution in [-0.4, -0.2) is 266 Å². The number of hydrogen-bond donors (Lipinski definition) is 14. The predicted molar refractivity (Wildman–Crippen MR) is 335 cm³/mol. The van der Waals surface area contributed by atoms with Gasteiger partial charge in [0.2, 0.25) is 30.3 Å². The zero-order valence-electron chi connectivity index (χ0n) is 55.8. The maximum Gasteiger partial charge on any atom is 0.472 e. The van der Waals surface area contributed by atoms with Crippen molar-refractivity contribution < 1.29 is 149 Å². The van der Waals surface area contributed by atoms with Crippen molar-refractivity contribution >= 4 is 42.0 Å². The minimum Gasteiger partial charge on any atom is -0.394 e. The van der Waals surface area contributed by atoms with Gasteiger partial charge in [0, 0.05) is 65.8 Å². The van der Waals surface area contributed by atoms with Crippen molar-refractivity contribution in [3.63, 3.8) is 0 Å². The second-order valence-corrected chi connectivity index (χ2v) is 26.9. The number of aliphatic hydroxyl groups excluding tert-OH is 8. The molecule has 14 N–H and O–H groups in total. The molecule has 37 heteroatoms. The predicted octanol–water partition coefficient (Wildman–Crippen LogP) is 1.76. The maximum atomic E-state index is 12.6. The summed E-state index contributed by atoms with van der Waals surface area (Å²) < 4.78 is 108. The fraction of sp³-hybridized carbons (Fsp3) is 0.947. The van der Waals surface area contributed by atoms with Crippen LogP contribution in [0.4, 0.5) is 0 Å². The van der Waals surface area contributed by atoms with Crippen molar-refractivity contribution in [2.24, 2.45) is 11.3 Å². The first-order valence-electron chi connectivity index (χ1n) is 32.2. The summed E-state index contributed by atoms with van der Waals surface area (Å²) in [4.78, 5) is 65.4. The van der Waals surface area contributed by atoms with E-state index < -0.39 is 135 Å². The molecule has 0 spiro atoms. The number of carbonyl (C=O) groups is 3. The molecule has 558 valence electrons. The first kappa shape index (κ1) is 90.3. The highest BCUT2D eigenvalue weighted by atomic mass is 31.2. The second kappa shape index (κ2) is 53.2. The second-order valence-electron chi connectivity index (χ2n) is 23.0. The zero-order valence-corrected chi connectivity index (χ0v) is 58.4. The number of amides is 3. The zero-order chi connectivity index (χ0) is 70.4. The number of aliphatic hydroxyl groups is 8. The summed E-state index contributed by atoms with van der Waals surface area (Å²) in [6, 6.07) is -0.904. The highest BCUT2D eigenvalue weighted by Gasteiger charge is 2.40. The quantitative estimate of drug-likeness (QED) is 0.0234. The highest BCUT2D eigenvalue weighted by Crippen LogP contribution is 2.44. The van der Waals surface area contributed by atoms with E-state index in [0.717, 1.165) is 12.8 Å². The van der Waals surface area contributed by atoms with Crippen molar-refractivity contribution in [1.82, 2.24) is 16.0 Å². The average Bonchev–Trinajstić information content (AvgIpc) is 0.877. The number of ether oxygens (including phenoxy) is 9. The van der Waals surface area contributed by atoms with E-state index in [4.69, 9.17) is 69.8 Å². The molecule has 0 saturated carbocycles. The number of rotatable bonds is 62. The van der Waals surface area contributed by atoms with E-state index in [-0.39, 0.29) is 118 Å². The van der Waals surface area contributed by atoms with E-state index in [1.807, 2.05) is 13.8 Å². The Hall–Kier alpha value is -1.74. The van der Waals surface area contributed by atoms with Crippen LogP contribution in [0, 0.1) is 11.3 Å². The summed E-state index contributed by atoms with van der Waals surface area (Å²) in [7, 11) is -11.0. The minimum absolute atomic E-state index is 0.0786. The molecule has 0 aromatic heterocycles. The van der Waals surface area contributed by atoms with Gasteiger partial charge in [-0.05, 0) is 77.6 Å². The number of phosphoric ester groups is 2. The number of carbonyl (C=O) groups excluding carboxylic acids is 3. The molecule has 11 unspecified atom stereocenters. The van der Waals surface area contributed by atoms with Gasteiger partial charge in [-0.2, -0.15) is 0 Å². The Morgan fingerprint density at radius 2 is 0.894 bits per heavy atom. The molecule has 1 saturated heterocycles.